The number of H-pyrrole nitrogens is 1. The summed E-state index contributed by atoms with van der Waals surface area (Å²) < 4.78 is 5.36. The first-order chi connectivity index (χ1) is 7.22. The molecule has 0 bridgehead atoms. The van der Waals surface area contributed by atoms with Crippen molar-refractivity contribution >= 4 is 0 Å². The lowest BCUT2D eigenvalue weighted by Gasteiger charge is -1.97. The van der Waals surface area contributed by atoms with E-state index >= 15 is 0 Å². The van der Waals surface area contributed by atoms with Crippen molar-refractivity contribution in [2.45, 2.75) is 6.92 Å². The van der Waals surface area contributed by atoms with E-state index < -0.39 is 5.56 Å². The van der Waals surface area contributed by atoms with Crippen molar-refractivity contribution in [3.05, 3.63) is 46.1 Å². The van der Waals surface area contributed by atoms with Crippen LogP contribution in [0.2, 0.25) is 0 Å². The number of aromatic nitrogens is 1. The second-order valence-electron chi connectivity index (χ2n) is 3.12. The van der Waals surface area contributed by atoms with Gasteiger partial charge < -0.3 is 9.40 Å². The predicted molar refractivity (Wildman–Crippen MR) is 54.2 cm³/mol. The minimum atomic E-state index is -0.399. The van der Waals surface area contributed by atoms with Gasteiger partial charge in [0.1, 0.15) is 23.2 Å². The second kappa shape index (κ2) is 3.46. The third kappa shape index (κ3) is 1.55. The molecule has 0 saturated heterocycles. The van der Waals surface area contributed by atoms with E-state index in [0.29, 0.717) is 11.3 Å². The Morgan fingerprint density at radius 3 is 2.80 bits per heavy atom. The van der Waals surface area contributed by atoms with E-state index in [9.17, 15) is 4.79 Å². The van der Waals surface area contributed by atoms with Gasteiger partial charge in [-0.15, -0.1) is 0 Å². The molecule has 0 atom stereocenters. The van der Waals surface area contributed by atoms with Crippen molar-refractivity contribution in [1.82, 2.24) is 4.98 Å². The molecular formula is C11H8N2O2. The Labute approximate surface area is 85.8 Å². The zero-order chi connectivity index (χ0) is 10.8. The van der Waals surface area contributed by atoms with Gasteiger partial charge in [0.05, 0.1) is 0 Å². The Balaban J connectivity index is 2.69. The van der Waals surface area contributed by atoms with Gasteiger partial charge >= 0.3 is 0 Å². The molecule has 2 aromatic rings. The van der Waals surface area contributed by atoms with Crippen molar-refractivity contribution in [2.24, 2.45) is 0 Å². The molecule has 0 fully saturated rings. The van der Waals surface area contributed by atoms with E-state index in [2.05, 4.69) is 4.98 Å². The molecule has 2 aromatic heterocycles. The normalized spacial score (nSPS) is 9.87. The summed E-state index contributed by atoms with van der Waals surface area (Å²) in [4.78, 5) is 13.8. The third-order valence-corrected chi connectivity index (χ3v) is 2.08. The molecule has 74 valence electrons. The van der Waals surface area contributed by atoms with Crippen molar-refractivity contribution in [3.63, 3.8) is 0 Å². The van der Waals surface area contributed by atoms with Gasteiger partial charge in [0, 0.05) is 11.8 Å². The summed E-state index contributed by atoms with van der Waals surface area (Å²) in [6.45, 7) is 1.81. The number of rotatable bonds is 1. The standard InChI is InChI=1S/C11H8N2O2/c1-7-2-3-10(15-7)8-4-5-13-11(14)9(8)6-12/h2-5H,1H3,(H,13,14). The summed E-state index contributed by atoms with van der Waals surface area (Å²) in [6.07, 6.45) is 1.50. The molecule has 0 aliphatic rings. The SMILES string of the molecule is Cc1ccc(-c2cc[nH]c(=O)c2C#N)o1. The van der Waals surface area contributed by atoms with E-state index in [1.165, 1.54) is 6.20 Å². The first-order valence-corrected chi connectivity index (χ1v) is 4.41. The van der Waals surface area contributed by atoms with Gasteiger partial charge in [-0.1, -0.05) is 0 Å². The van der Waals surface area contributed by atoms with Crippen LogP contribution in [-0.4, -0.2) is 4.98 Å². The van der Waals surface area contributed by atoms with Crippen LogP contribution in [0.3, 0.4) is 0 Å². The smallest absolute Gasteiger partial charge is 0.266 e. The molecule has 0 unspecified atom stereocenters. The van der Waals surface area contributed by atoms with Crippen LogP contribution in [0.15, 0.2) is 33.6 Å². The zero-order valence-corrected chi connectivity index (χ0v) is 8.07. The van der Waals surface area contributed by atoms with E-state index in [0.717, 1.165) is 5.76 Å². The summed E-state index contributed by atoms with van der Waals surface area (Å²) in [7, 11) is 0. The lowest BCUT2D eigenvalue weighted by molar-refractivity contribution is 0.548. The quantitative estimate of drug-likeness (QED) is 0.763. The summed E-state index contributed by atoms with van der Waals surface area (Å²) in [5, 5.41) is 8.86. The van der Waals surface area contributed by atoms with Gasteiger partial charge in [-0.25, -0.2) is 0 Å². The molecule has 0 saturated carbocycles. The monoisotopic (exact) mass is 200 g/mol. The fraction of sp³-hybridized carbons (Fsp3) is 0.0909. The Hall–Kier alpha value is -2.28. The van der Waals surface area contributed by atoms with Crippen molar-refractivity contribution in [2.75, 3.05) is 0 Å². The van der Waals surface area contributed by atoms with Gasteiger partial charge in [-0.2, -0.15) is 5.26 Å². The highest BCUT2D eigenvalue weighted by molar-refractivity contribution is 5.65. The highest BCUT2D eigenvalue weighted by Gasteiger charge is 2.10. The number of furan rings is 1. The number of aryl methyl sites for hydroxylation is 1. The van der Waals surface area contributed by atoms with E-state index in [4.69, 9.17) is 9.68 Å². The molecule has 15 heavy (non-hydrogen) atoms. The molecule has 0 aliphatic carbocycles. The van der Waals surface area contributed by atoms with E-state index in [1.807, 2.05) is 13.0 Å². The molecule has 0 spiro atoms. The predicted octanol–water partition coefficient (Wildman–Crippen LogP) is 1.81. The number of nitrogens with zero attached hydrogens (tertiary/aromatic N) is 1. The fourth-order valence-electron chi connectivity index (χ4n) is 1.37. The van der Waals surface area contributed by atoms with Crippen LogP contribution in [0.1, 0.15) is 11.3 Å². The van der Waals surface area contributed by atoms with Crippen molar-refractivity contribution in [1.29, 1.82) is 5.26 Å². The number of nitrogens with one attached hydrogen (secondary N) is 1. The molecule has 0 aliphatic heterocycles. The van der Waals surface area contributed by atoms with Gasteiger partial charge in [0.2, 0.25) is 0 Å². The topological polar surface area (TPSA) is 69.8 Å². The highest BCUT2D eigenvalue weighted by Crippen LogP contribution is 2.22. The summed E-state index contributed by atoms with van der Waals surface area (Å²) in [5.41, 5.74) is 0.199. The molecule has 4 nitrogen and oxygen atoms in total. The Kier molecular flexibility index (Phi) is 2.14. The summed E-state index contributed by atoms with van der Waals surface area (Å²) >= 11 is 0. The second-order valence-corrected chi connectivity index (χ2v) is 3.12. The largest absolute Gasteiger partial charge is 0.461 e. The van der Waals surface area contributed by atoms with Gasteiger partial charge in [-0.05, 0) is 25.1 Å². The molecule has 2 rings (SSSR count). The molecule has 1 N–H and O–H groups in total. The van der Waals surface area contributed by atoms with Crippen LogP contribution in [0, 0.1) is 18.3 Å². The molecule has 2 heterocycles. The summed E-state index contributed by atoms with van der Waals surface area (Å²) in [5.74, 6) is 1.28. The third-order valence-electron chi connectivity index (χ3n) is 2.08. The molecular weight excluding hydrogens is 192 g/mol. The highest BCUT2D eigenvalue weighted by atomic mass is 16.3. The molecule has 0 aromatic carbocycles. The minimum Gasteiger partial charge on any atom is -0.461 e. The average Bonchev–Trinajstić information content (AvgIpc) is 2.64. The Morgan fingerprint density at radius 1 is 1.40 bits per heavy atom. The fourth-order valence-corrected chi connectivity index (χ4v) is 1.37. The van der Waals surface area contributed by atoms with Crippen molar-refractivity contribution < 1.29 is 4.42 Å². The van der Waals surface area contributed by atoms with Gasteiger partial charge in [0.25, 0.3) is 5.56 Å². The number of pyridine rings is 1. The van der Waals surface area contributed by atoms with Gasteiger partial charge in [0.15, 0.2) is 0 Å². The Morgan fingerprint density at radius 2 is 2.20 bits per heavy atom. The first-order valence-electron chi connectivity index (χ1n) is 4.41. The minimum absolute atomic E-state index is 0.0758. The van der Waals surface area contributed by atoms with E-state index in [-0.39, 0.29) is 5.56 Å². The number of hydrogen-bond acceptors (Lipinski definition) is 3. The molecule has 4 heteroatoms. The summed E-state index contributed by atoms with van der Waals surface area (Å²) in [6, 6.07) is 7.05. The zero-order valence-electron chi connectivity index (χ0n) is 8.07. The van der Waals surface area contributed by atoms with Crippen LogP contribution in [0.5, 0.6) is 0 Å². The Bertz CT molecular complexity index is 587. The van der Waals surface area contributed by atoms with Crippen LogP contribution >= 0.6 is 0 Å². The molecule has 0 radical (unpaired) electrons. The van der Waals surface area contributed by atoms with Crippen LogP contribution in [0.25, 0.3) is 11.3 Å². The number of nitriles is 1. The van der Waals surface area contributed by atoms with Gasteiger partial charge in [-0.3, -0.25) is 4.79 Å². The number of aromatic amines is 1. The molecule has 0 amide bonds. The van der Waals surface area contributed by atoms with Crippen LogP contribution < -0.4 is 5.56 Å². The number of hydrogen-bond donors (Lipinski definition) is 1. The van der Waals surface area contributed by atoms with Crippen molar-refractivity contribution in [3.8, 4) is 17.4 Å². The maximum Gasteiger partial charge on any atom is 0.266 e. The van der Waals surface area contributed by atoms with Crippen LogP contribution in [-0.2, 0) is 0 Å². The lowest BCUT2D eigenvalue weighted by Crippen LogP contribution is -2.09. The average molecular weight is 200 g/mol. The maximum absolute atomic E-state index is 11.3. The maximum atomic E-state index is 11.3. The van der Waals surface area contributed by atoms with E-state index in [1.54, 1.807) is 18.2 Å². The first kappa shape index (κ1) is 9.28. The van der Waals surface area contributed by atoms with Crippen LogP contribution in [0.4, 0.5) is 0 Å². The lowest BCUT2D eigenvalue weighted by atomic mass is 10.1.